The number of nitrogens with one attached hydrogen (secondary N) is 2. The molecule has 0 saturated carbocycles. The number of anilines is 2. The Morgan fingerprint density at radius 3 is 2.77 bits per heavy atom. The van der Waals surface area contributed by atoms with E-state index in [4.69, 9.17) is 9.15 Å². The Labute approximate surface area is 174 Å². The van der Waals surface area contributed by atoms with Crippen LogP contribution in [0.15, 0.2) is 22.8 Å². The van der Waals surface area contributed by atoms with Gasteiger partial charge in [0.15, 0.2) is 5.69 Å². The van der Waals surface area contributed by atoms with Crippen LogP contribution in [0.4, 0.5) is 16.1 Å². The molecule has 0 atom stereocenters. The monoisotopic (exact) mass is 440 g/mol. The maximum Gasteiger partial charge on any atom is 0.304 e. The van der Waals surface area contributed by atoms with Gasteiger partial charge in [-0.1, -0.05) is 13.8 Å². The molecule has 1 aliphatic rings. The number of hydrogen-bond acceptors (Lipinski definition) is 7. The number of carbonyl (C=O) groups is 1. The van der Waals surface area contributed by atoms with Gasteiger partial charge in [-0.25, -0.2) is 9.11 Å². The fourth-order valence-electron chi connectivity index (χ4n) is 3.03. The van der Waals surface area contributed by atoms with Crippen LogP contribution < -0.4 is 10.0 Å². The SMILES string of the molecule is Cc1cc(Nc2nc(C(=O)NS(=O)(=O)N3CCCOCC3)co2)c(C(C)C)cc1F. The van der Waals surface area contributed by atoms with Gasteiger partial charge in [0, 0.05) is 25.4 Å². The third-order valence-corrected chi connectivity index (χ3v) is 6.16. The standard InChI is InChI=1S/C19H25FN4O5S/c1-12(2)14-10-15(20)13(3)9-16(14)21-19-22-17(11-29-19)18(25)23-30(26,27)24-5-4-7-28-8-6-24/h9-12H,4-8H2,1-3H3,(H,21,22)(H,23,25). The number of rotatable bonds is 6. The van der Waals surface area contributed by atoms with Crippen LogP contribution in [0.2, 0.25) is 0 Å². The van der Waals surface area contributed by atoms with E-state index in [1.807, 2.05) is 18.6 Å². The summed E-state index contributed by atoms with van der Waals surface area (Å²) in [6, 6.07) is 3.06. The van der Waals surface area contributed by atoms with Gasteiger partial charge >= 0.3 is 10.2 Å². The third kappa shape index (κ3) is 5.15. The lowest BCUT2D eigenvalue weighted by atomic mass is 9.99. The van der Waals surface area contributed by atoms with Crippen LogP contribution in [-0.2, 0) is 14.9 Å². The fourth-order valence-corrected chi connectivity index (χ4v) is 4.18. The zero-order chi connectivity index (χ0) is 21.9. The number of oxazole rings is 1. The summed E-state index contributed by atoms with van der Waals surface area (Å²) in [6.07, 6.45) is 1.60. The molecule has 0 unspecified atom stereocenters. The van der Waals surface area contributed by atoms with Crippen molar-refractivity contribution in [3.05, 3.63) is 41.0 Å². The number of amides is 1. The second-order valence-electron chi connectivity index (χ2n) is 7.31. The lowest BCUT2D eigenvalue weighted by Crippen LogP contribution is -2.44. The molecule has 2 aromatic rings. The number of halogens is 1. The molecule has 1 saturated heterocycles. The zero-order valence-corrected chi connectivity index (χ0v) is 17.9. The maximum atomic E-state index is 13.9. The molecular formula is C19H25FN4O5S. The molecule has 2 heterocycles. The molecule has 1 aliphatic heterocycles. The van der Waals surface area contributed by atoms with Crippen LogP contribution in [0, 0.1) is 12.7 Å². The van der Waals surface area contributed by atoms with Gasteiger partial charge in [-0.15, -0.1) is 0 Å². The number of hydrogen-bond donors (Lipinski definition) is 2. The van der Waals surface area contributed by atoms with E-state index in [2.05, 4.69) is 10.3 Å². The molecule has 3 rings (SSSR count). The van der Waals surface area contributed by atoms with Gasteiger partial charge in [-0.05, 0) is 42.5 Å². The summed E-state index contributed by atoms with van der Waals surface area (Å²) in [5.41, 5.74) is 1.55. The number of carbonyl (C=O) groups excluding carboxylic acids is 1. The molecule has 164 valence electrons. The van der Waals surface area contributed by atoms with Gasteiger partial charge in [0.1, 0.15) is 12.1 Å². The van der Waals surface area contributed by atoms with Crippen molar-refractivity contribution in [1.82, 2.24) is 14.0 Å². The van der Waals surface area contributed by atoms with Crippen molar-refractivity contribution < 1.29 is 26.8 Å². The minimum absolute atomic E-state index is 0.00590. The van der Waals surface area contributed by atoms with E-state index in [1.165, 1.54) is 6.07 Å². The lowest BCUT2D eigenvalue weighted by molar-refractivity contribution is 0.0973. The van der Waals surface area contributed by atoms with E-state index in [0.717, 1.165) is 10.6 Å². The number of aryl methyl sites for hydroxylation is 1. The molecule has 1 amide bonds. The van der Waals surface area contributed by atoms with E-state index in [1.54, 1.807) is 13.0 Å². The van der Waals surface area contributed by atoms with Crippen LogP contribution in [0.25, 0.3) is 0 Å². The first-order valence-electron chi connectivity index (χ1n) is 9.60. The highest BCUT2D eigenvalue weighted by molar-refractivity contribution is 7.87. The Bertz CT molecular complexity index is 1010. The number of ether oxygens (including phenoxy) is 1. The molecule has 1 aromatic heterocycles. The summed E-state index contributed by atoms with van der Waals surface area (Å²) in [5.74, 6) is -1.19. The zero-order valence-electron chi connectivity index (χ0n) is 17.1. The number of aromatic nitrogens is 1. The molecule has 0 bridgehead atoms. The van der Waals surface area contributed by atoms with E-state index < -0.39 is 16.1 Å². The molecule has 9 nitrogen and oxygen atoms in total. The minimum atomic E-state index is -4.02. The predicted octanol–water partition coefficient (Wildman–Crippen LogP) is 2.69. The van der Waals surface area contributed by atoms with Crippen molar-refractivity contribution in [2.24, 2.45) is 0 Å². The van der Waals surface area contributed by atoms with Gasteiger partial charge in [-0.3, -0.25) is 4.79 Å². The van der Waals surface area contributed by atoms with Gasteiger partial charge in [0.2, 0.25) is 0 Å². The molecule has 2 N–H and O–H groups in total. The van der Waals surface area contributed by atoms with E-state index in [-0.39, 0.29) is 43.1 Å². The highest BCUT2D eigenvalue weighted by atomic mass is 32.2. The first kappa shape index (κ1) is 22.2. The Balaban J connectivity index is 1.73. The lowest BCUT2D eigenvalue weighted by Gasteiger charge is -2.18. The fraction of sp³-hybridized carbons (Fsp3) is 0.474. The van der Waals surface area contributed by atoms with Crippen molar-refractivity contribution in [1.29, 1.82) is 0 Å². The average molecular weight is 440 g/mol. The van der Waals surface area contributed by atoms with Crippen LogP contribution >= 0.6 is 0 Å². The average Bonchev–Trinajstić information content (AvgIpc) is 2.95. The highest BCUT2D eigenvalue weighted by Crippen LogP contribution is 2.29. The van der Waals surface area contributed by atoms with Gasteiger partial charge in [-0.2, -0.15) is 17.7 Å². The molecule has 1 aromatic carbocycles. The molecule has 0 aliphatic carbocycles. The molecule has 0 radical (unpaired) electrons. The summed E-state index contributed by atoms with van der Waals surface area (Å²) < 4.78 is 52.5. The first-order chi connectivity index (χ1) is 14.2. The number of nitrogens with zero attached hydrogens (tertiary/aromatic N) is 2. The predicted molar refractivity (Wildman–Crippen MR) is 108 cm³/mol. The van der Waals surface area contributed by atoms with Crippen molar-refractivity contribution >= 4 is 27.8 Å². The largest absolute Gasteiger partial charge is 0.431 e. The second-order valence-corrected chi connectivity index (χ2v) is 8.98. The summed E-state index contributed by atoms with van der Waals surface area (Å²) in [6.45, 7) is 6.64. The minimum Gasteiger partial charge on any atom is -0.431 e. The van der Waals surface area contributed by atoms with Crippen molar-refractivity contribution in [2.45, 2.75) is 33.1 Å². The van der Waals surface area contributed by atoms with Crippen molar-refractivity contribution in [3.8, 4) is 0 Å². The topological polar surface area (TPSA) is 114 Å². The second kappa shape index (κ2) is 9.11. The Morgan fingerprint density at radius 2 is 2.03 bits per heavy atom. The smallest absolute Gasteiger partial charge is 0.304 e. The van der Waals surface area contributed by atoms with E-state index >= 15 is 0 Å². The summed E-state index contributed by atoms with van der Waals surface area (Å²) in [7, 11) is -4.02. The van der Waals surface area contributed by atoms with E-state index in [0.29, 0.717) is 29.8 Å². The Hall–Kier alpha value is -2.50. The Morgan fingerprint density at radius 1 is 1.27 bits per heavy atom. The molecule has 1 fully saturated rings. The first-order valence-corrected chi connectivity index (χ1v) is 11.0. The van der Waals surface area contributed by atoms with Gasteiger partial charge in [0.05, 0.1) is 6.61 Å². The quantitative estimate of drug-likeness (QED) is 0.710. The van der Waals surface area contributed by atoms with Crippen LogP contribution in [0.5, 0.6) is 0 Å². The molecule has 11 heteroatoms. The normalized spacial score (nSPS) is 15.8. The van der Waals surface area contributed by atoms with Gasteiger partial charge < -0.3 is 14.5 Å². The summed E-state index contributed by atoms with van der Waals surface area (Å²) >= 11 is 0. The maximum absolute atomic E-state index is 13.9. The number of benzene rings is 1. The van der Waals surface area contributed by atoms with Crippen LogP contribution in [-0.4, -0.2) is 49.9 Å². The molecule has 0 spiro atoms. The molecular weight excluding hydrogens is 415 g/mol. The Kier molecular flexibility index (Phi) is 6.74. The summed E-state index contributed by atoms with van der Waals surface area (Å²) in [5, 5.41) is 2.93. The van der Waals surface area contributed by atoms with Crippen molar-refractivity contribution in [3.63, 3.8) is 0 Å². The van der Waals surface area contributed by atoms with Crippen LogP contribution in [0.1, 0.15) is 47.8 Å². The van der Waals surface area contributed by atoms with Crippen LogP contribution in [0.3, 0.4) is 0 Å². The molecule has 30 heavy (non-hydrogen) atoms. The van der Waals surface area contributed by atoms with E-state index in [9.17, 15) is 17.6 Å². The van der Waals surface area contributed by atoms with Gasteiger partial charge in [0.25, 0.3) is 11.9 Å². The highest BCUT2D eigenvalue weighted by Gasteiger charge is 2.27. The summed E-state index contributed by atoms with van der Waals surface area (Å²) in [4.78, 5) is 16.4. The van der Waals surface area contributed by atoms with Crippen molar-refractivity contribution in [2.75, 3.05) is 31.6 Å². The third-order valence-electron chi connectivity index (χ3n) is 4.67.